The Morgan fingerprint density at radius 3 is 2.81 bits per heavy atom. The Labute approximate surface area is 165 Å². The van der Waals surface area contributed by atoms with Crippen LogP contribution in [0.2, 0.25) is 0 Å². The quantitative estimate of drug-likeness (QED) is 0.432. The van der Waals surface area contributed by atoms with Gasteiger partial charge >= 0.3 is 0 Å². The molecule has 1 N–H and O–H groups in total. The zero-order valence-corrected chi connectivity index (χ0v) is 17.3. The van der Waals surface area contributed by atoms with Gasteiger partial charge in [0.1, 0.15) is 6.29 Å². The van der Waals surface area contributed by atoms with Crippen LogP contribution >= 0.6 is 0 Å². The van der Waals surface area contributed by atoms with Gasteiger partial charge in [-0.2, -0.15) is 0 Å². The van der Waals surface area contributed by atoms with Gasteiger partial charge in [-0.3, -0.25) is 0 Å². The first-order valence-corrected chi connectivity index (χ1v) is 11.2. The number of unbranched alkanes of at least 4 members (excludes halogenated alkanes) is 2. The summed E-state index contributed by atoms with van der Waals surface area (Å²) >= 11 is 0. The minimum absolute atomic E-state index is 0.113. The third kappa shape index (κ3) is 4.50. The lowest BCUT2D eigenvalue weighted by atomic mass is 9.52. The molecule has 5 unspecified atom stereocenters. The molecular weight excluding hydrogens is 336 g/mol. The van der Waals surface area contributed by atoms with E-state index in [4.69, 9.17) is 9.84 Å². The molecule has 3 heteroatoms. The number of allylic oxidation sites excluding steroid dienone is 4. The van der Waals surface area contributed by atoms with Crippen LogP contribution in [0.5, 0.6) is 0 Å². The molecular formula is C24H38O3. The summed E-state index contributed by atoms with van der Waals surface area (Å²) in [4.78, 5) is 11.9. The predicted molar refractivity (Wildman–Crippen MR) is 109 cm³/mol. The van der Waals surface area contributed by atoms with Gasteiger partial charge < -0.3 is 14.6 Å². The first kappa shape index (κ1) is 20.6. The van der Waals surface area contributed by atoms with E-state index in [1.165, 1.54) is 38.4 Å². The average Bonchev–Trinajstić information content (AvgIpc) is 2.69. The van der Waals surface area contributed by atoms with Crippen molar-refractivity contribution >= 4 is 6.29 Å². The van der Waals surface area contributed by atoms with E-state index in [0.717, 1.165) is 44.5 Å². The summed E-state index contributed by atoms with van der Waals surface area (Å²) in [7, 11) is 0. The number of ether oxygens (including phenoxy) is 1. The first-order chi connectivity index (χ1) is 13.1. The van der Waals surface area contributed by atoms with E-state index < -0.39 is 0 Å². The van der Waals surface area contributed by atoms with Gasteiger partial charge in [-0.05, 0) is 81.1 Å². The summed E-state index contributed by atoms with van der Waals surface area (Å²) in [5, 5.41) is 8.86. The normalized spacial score (nSPS) is 35.5. The van der Waals surface area contributed by atoms with E-state index in [1.54, 1.807) is 5.57 Å². The number of fused-ring (bicyclic) bond motifs is 3. The topological polar surface area (TPSA) is 46.5 Å². The molecule has 3 rings (SSSR count). The van der Waals surface area contributed by atoms with Crippen molar-refractivity contribution in [3.63, 3.8) is 0 Å². The highest BCUT2D eigenvalue weighted by Crippen LogP contribution is 2.56. The molecule has 0 spiro atoms. The average molecular weight is 375 g/mol. The van der Waals surface area contributed by atoms with Crippen LogP contribution in [0.15, 0.2) is 23.5 Å². The van der Waals surface area contributed by atoms with Crippen LogP contribution in [-0.2, 0) is 9.53 Å². The molecule has 0 saturated heterocycles. The van der Waals surface area contributed by atoms with Crippen LogP contribution in [0, 0.1) is 29.1 Å². The number of rotatable bonds is 9. The molecule has 2 saturated carbocycles. The second-order valence-corrected chi connectivity index (χ2v) is 9.24. The van der Waals surface area contributed by atoms with Crippen LogP contribution in [0.25, 0.3) is 0 Å². The third-order valence-corrected chi connectivity index (χ3v) is 7.49. The standard InChI is InChI=1S/C24H38O3/c1-3-7-23-22-10-8-18-16-19(27-15-6-4-5-14-25)9-11-20(18)21(22)12-13-24(23,2)17-26/h9,11,17-18,21-23,25H,3-8,10,12-16H2,1-2H3. The summed E-state index contributed by atoms with van der Waals surface area (Å²) in [5.74, 6) is 3.70. The highest BCUT2D eigenvalue weighted by molar-refractivity contribution is 5.60. The molecule has 27 heavy (non-hydrogen) atoms. The van der Waals surface area contributed by atoms with Gasteiger partial charge in [-0.25, -0.2) is 0 Å². The molecule has 0 aromatic heterocycles. The summed E-state index contributed by atoms with van der Waals surface area (Å²) < 4.78 is 6.01. The number of carbonyl (C=O) groups excluding carboxylic acids is 1. The zero-order valence-electron chi connectivity index (χ0n) is 17.3. The molecule has 0 bridgehead atoms. The Morgan fingerprint density at radius 1 is 1.22 bits per heavy atom. The molecule has 0 aromatic rings. The largest absolute Gasteiger partial charge is 0.498 e. The Bertz CT molecular complexity index is 564. The number of carbonyl (C=O) groups is 1. The molecule has 3 nitrogen and oxygen atoms in total. The number of aliphatic hydroxyl groups excluding tert-OH is 1. The third-order valence-electron chi connectivity index (χ3n) is 7.49. The second-order valence-electron chi connectivity index (χ2n) is 9.24. The summed E-state index contributed by atoms with van der Waals surface area (Å²) in [6, 6.07) is 0. The molecule has 0 amide bonds. The number of aldehydes is 1. The van der Waals surface area contributed by atoms with E-state index in [9.17, 15) is 4.79 Å². The van der Waals surface area contributed by atoms with Gasteiger partial charge in [-0.1, -0.05) is 31.9 Å². The molecule has 0 heterocycles. The Kier molecular flexibility index (Phi) is 7.19. The van der Waals surface area contributed by atoms with E-state index in [2.05, 4.69) is 26.0 Å². The van der Waals surface area contributed by atoms with Crippen molar-refractivity contribution in [1.82, 2.24) is 0 Å². The van der Waals surface area contributed by atoms with Crippen LogP contribution < -0.4 is 0 Å². The number of hydrogen-bond acceptors (Lipinski definition) is 3. The van der Waals surface area contributed by atoms with Gasteiger partial charge in [0.2, 0.25) is 0 Å². The van der Waals surface area contributed by atoms with Crippen molar-refractivity contribution in [2.24, 2.45) is 29.1 Å². The van der Waals surface area contributed by atoms with E-state index in [0.29, 0.717) is 23.7 Å². The Balaban J connectivity index is 1.66. The van der Waals surface area contributed by atoms with Crippen molar-refractivity contribution in [3.8, 4) is 0 Å². The lowest BCUT2D eigenvalue weighted by Gasteiger charge is -2.52. The lowest BCUT2D eigenvalue weighted by molar-refractivity contribution is -0.124. The van der Waals surface area contributed by atoms with Gasteiger partial charge in [0.25, 0.3) is 0 Å². The Morgan fingerprint density at radius 2 is 2.07 bits per heavy atom. The molecule has 3 aliphatic rings. The monoisotopic (exact) mass is 374 g/mol. The van der Waals surface area contributed by atoms with Crippen LogP contribution in [0.3, 0.4) is 0 Å². The minimum Gasteiger partial charge on any atom is -0.498 e. The maximum absolute atomic E-state index is 11.9. The van der Waals surface area contributed by atoms with Gasteiger partial charge in [0.05, 0.1) is 12.4 Å². The fourth-order valence-electron chi connectivity index (χ4n) is 6.00. The fraction of sp³-hybridized carbons (Fsp3) is 0.792. The van der Waals surface area contributed by atoms with Crippen LogP contribution in [0.1, 0.15) is 78.1 Å². The van der Waals surface area contributed by atoms with Crippen molar-refractivity contribution in [3.05, 3.63) is 23.5 Å². The fourth-order valence-corrected chi connectivity index (χ4v) is 6.00. The lowest BCUT2D eigenvalue weighted by Crippen LogP contribution is -2.46. The number of aliphatic hydroxyl groups is 1. The molecule has 0 aliphatic heterocycles. The molecule has 0 aromatic carbocycles. The van der Waals surface area contributed by atoms with Crippen molar-refractivity contribution in [1.29, 1.82) is 0 Å². The summed E-state index contributed by atoms with van der Waals surface area (Å²) in [6.45, 7) is 5.51. The molecule has 0 radical (unpaired) electrons. The summed E-state index contributed by atoms with van der Waals surface area (Å²) in [5.41, 5.74) is 1.53. The predicted octanol–water partition coefficient (Wildman–Crippen LogP) is 5.44. The van der Waals surface area contributed by atoms with Crippen LogP contribution in [-0.4, -0.2) is 24.6 Å². The van der Waals surface area contributed by atoms with Crippen molar-refractivity contribution in [2.45, 2.75) is 78.1 Å². The van der Waals surface area contributed by atoms with E-state index >= 15 is 0 Å². The summed E-state index contributed by atoms with van der Waals surface area (Å²) in [6.07, 6.45) is 16.9. The highest BCUT2D eigenvalue weighted by Gasteiger charge is 2.49. The van der Waals surface area contributed by atoms with Crippen LogP contribution in [0.4, 0.5) is 0 Å². The number of hydrogen-bond donors (Lipinski definition) is 1. The molecule has 3 aliphatic carbocycles. The smallest absolute Gasteiger partial charge is 0.126 e. The van der Waals surface area contributed by atoms with E-state index in [-0.39, 0.29) is 12.0 Å². The van der Waals surface area contributed by atoms with Crippen molar-refractivity contribution in [2.75, 3.05) is 13.2 Å². The van der Waals surface area contributed by atoms with Gasteiger partial charge in [0, 0.05) is 18.4 Å². The maximum atomic E-state index is 11.9. The van der Waals surface area contributed by atoms with Gasteiger partial charge in [-0.15, -0.1) is 0 Å². The zero-order chi connectivity index (χ0) is 19.3. The van der Waals surface area contributed by atoms with Gasteiger partial charge in [0.15, 0.2) is 0 Å². The second kappa shape index (κ2) is 9.41. The molecule has 2 fully saturated rings. The SMILES string of the molecule is CCCC1C2CCC3CC(OCCCCCO)=CC=C3C2CCC1(C)C=O. The Hall–Kier alpha value is -1.09. The maximum Gasteiger partial charge on any atom is 0.126 e. The van der Waals surface area contributed by atoms with E-state index in [1.807, 2.05) is 0 Å². The highest BCUT2D eigenvalue weighted by atomic mass is 16.5. The first-order valence-electron chi connectivity index (χ1n) is 11.2. The van der Waals surface area contributed by atoms with Crippen molar-refractivity contribution < 1.29 is 14.6 Å². The minimum atomic E-state index is -0.113. The molecule has 152 valence electrons. The molecule has 5 atom stereocenters.